The number of aromatic nitrogens is 3. The fourth-order valence-electron chi connectivity index (χ4n) is 3.74. The first kappa shape index (κ1) is 17.3. The summed E-state index contributed by atoms with van der Waals surface area (Å²) in [6.45, 7) is 0. The quantitative estimate of drug-likeness (QED) is 0.381. The summed E-state index contributed by atoms with van der Waals surface area (Å²) in [6, 6.07) is 14.1. The van der Waals surface area contributed by atoms with Gasteiger partial charge in [-0.25, -0.2) is 0 Å². The van der Waals surface area contributed by atoms with Crippen LogP contribution in [0.3, 0.4) is 0 Å². The Hall–Kier alpha value is -2.86. The molecule has 0 radical (unpaired) electrons. The number of carbonyl (C=O) groups excluding carboxylic acids is 1. The van der Waals surface area contributed by atoms with Crippen molar-refractivity contribution in [2.75, 3.05) is 5.75 Å². The van der Waals surface area contributed by atoms with Gasteiger partial charge < -0.3 is 9.40 Å². The van der Waals surface area contributed by atoms with Crippen molar-refractivity contribution in [3.8, 4) is 11.5 Å². The largest absolute Gasteiger partial charge is 0.411 e. The Balaban J connectivity index is 1.29. The van der Waals surface area contributed by atoms with E-state index >= 15 is 0 Å². The Bertz CT molecular complexity index is 1160. The maximum absolute atomic E-state index is 12.6. The lowest BCUT2D eigenvalue weighted by atomic mass is 9.90. The second kappa shape index (κ2) is 7.28. The monoisotopic (exact) mass is 389 g/mol. The number of rotatable bonds is 5. The normalized spacial score (nSPS) is 13.6. The molecule has 0 spiro atoms. The predicted molar refractivity (Wildman–Crippen MR) is 110 cm³/mol. The van der Waals surface area contributed by atoms with E-state index in [0.29, 0.717) is 11.1 Å². The number of fused-ring (bicyclic) bond motifs is 2. The van der Waals surface area contributed by atoms with Crippen molar-refractivity contribution >= 4 is 28.4 Å². The predicted octanol–water partition coefficient (Wildman–Crippen LogP) is 5.07. The molecule has 4 aromatic rings. The molecular formula is C22H19N3O2S. The maximum Gasteiger partial charge on any atom is 0.277 e. The van der Waals surface area contributed by atoms with Crippen molar-refractivity contribution in [1.29, 1.82) is 0 Å². The molecule has 0 atom stereocenters. The molecule has 0 fully saturated rings. The van der Waals surface area contributed by atoms with Gasteiger partial charge in [-0.05, 0) is 48.9 Å². The highest BCUT2D eigenvalue weighted by molar-refractivity contribution is 7.99. The Morgan fingerprint density at radius 3 is 2.86 bits per heavy atom. The van der Waals surface area contributed by atoms with Crippen LogP contribution in [0.25, 0.3) is 22.4 Å². The number of nitrogens with one attached hydrogen (secondary N) is 1. The SMILES string of the molecule is O=C(CSc1nnc(-c2c[nH]c3ccccc23)o1)c1ccc2c(c1)CCCC2. The van der Waals surface area contributed by atoms with E-state index in [1.165, 1.54) is 35.7 Å². The third-order valence-electron chi connectivity index (χ3n) is 5.22. The van der Waals surface area contributed by atoms with Gasteiger partial charge in [-0.2, -0.15) is 0 Å². The topological polar surface area (TPSA) is 71.8 Å². The molecular weight excluding hydrogens is 370 g/mol. The van der Waals surface area contributed by atoms with E-state index in [9.17, 15) is 4.79 Å². The summed E-state index contributed by atoms with van der Waals surface area (Å²) in [7, 11) is 0. The van der Waals surface area contributed by atoms with Crippen molar-refractivity contribution < 1.29 is 9.21 Å². The summed E-state index contributed by atoms with van der Waals surface area (Å²) in [4.78, 5) is 15.8. The molecule has 0 bridgehead atoms. The fourth-order valence-corrected chi connectivity index (χ4v) is 4.40. The van der Waals surface area contributed by atoms with Crippen molar-refractivity contribution in [3.05, 3.63) is 65.4 Å². The minimum atomic E-state index is 0.0882. The molecule has 140 valence electrons. The number of aryl methyl sites for hydroxylation is 2. The average Bonchev–Trinajstić information content (AvgIpc) is 3.38. The van der Waals surface area contributed by atoms with Gasteiger partial charge in [-0.1, -0.05) is 42.1 Å². The Morgan fingerprint density at radius 1 is 1.07 bits per heavy atom. The van der Waals surface area contributed by atoms with Gasteiger partial charge in [-0.3, -0.25) is 4.79 Å². The highest BCUT2D eigenvalue weighted by atomic mass is 32.2. The number of thioether (sulfide) groups is 1. The molecule has 0 saturated carbocycles. The van der Waals surface area contributed by atoms with E-state index in [-0.39, 0.29) is 11.5 Å². The number of carbonyl (C=O) groups is 1. The van der Waals surface area contributed by atoms with Gasteiger partial charge in [0.1, 0.15) is 0 Å². The first-order chi connectivity index (χ1) is 13.8. The molecule has 2 aromatic carbocycles. The summed E-state index contributed by atoms with van der Waals surface area (Å²) in [5, 5.41) is 9.69. The second-order valence-electron chi connectivity index (χ2n) is 7.02. The number of benzene rings is 2. The Labute approximate surface area is 166 Å². The van der Waals surface area contributed by atoms with Gasteiger partial charge in [0, 0.05) is 22.7 Å². The molecule has 5 rings (SSSR count). The van der Waals surface area contributed by atoms with E-state index in [4.69, 9.17) is 4.42 Å². The van der Waals surface area contributed by atoms with E-state index in [1.54, 1.807) is 0 Å². The highest BCUT2D eigenvalue weighted by Crippen LogP contribution is 2.30. The highest BCUT2D eigenvalue weighted by Gasteiger charge is 2.16. The second-order valence-corrected chi connectivity index (χ2v) is 7.95. The van der Waals surface area contributed by atoms with Gasteiger partial charge in [0.25, 0.3) is 11.1 Å². The molecule has 28 heavy (non-hydrogen) atoms. The van der Waals surface area contributed by atoms with Crippen LogP contribution < -0.4 is 0 Å². The molecule has 2 aromatic heterocycles. The fraction of sp³-hybridized carbons (Fsp3) is 0.227. The third-order valence-corrected chi connectivity index (χ3v) is 6.04. The summed E-state index contributed by atoms with van der Waals surface area (Å²) < 4.78 is 5.78. The minimum absolute atomic E-state index is 0.0882. The molecule has 1 aliphatic carbocycles. The number of para-hydroxylation sites is 1. The van der Waals surface area contributed by atoms with Crippen molar-refractivity contribution in [2.24, 2.45) is 0 Å². The number of ketones is 1. The van der Waals surface area contributed by atoms with Crippen LogP contribution in [0.2, 0.25) is 0 Å². The van der Waals surface area contributed by atoms with E-state index < -0.39 is 0 Å². The number of H-pyrrole nitrogens is 1. The molecule has 6 heteroatoms. The number of hydrogen-bond acceptors (Lipinski definition) is 5. The standard InChI is InChI=1S/C22H19N3O2S/c26-20(16-10-9-14-5-1-2-6-15(14)11-16)13-28-22-25-24-21(27-22)18-12-23-19-8-4-3-7-17(18)19/h3-4,7-12,23H,1-2,5-6,13H2. The van der Waals surface area contributed by atoms with Crippen LogP contribution in [0.5, 0.6) is 0 Å². The van der Waals surface area contributed by atoms with Crippen LogP contribution in [0.4, 0.5) is 0 Å². The van der Waals surface area contributed by atoms with Crippen LogP contribution >= 0.6 is 11.8 Å². The molecule has 1 N–H and O–H groups in total. The van der Waals surface area contributed by atoms with Crippen LogP contribution in [-0.4, -0.2) is 26.7 Å². The number of aromatic amines is 1. The molecule has 0 amide bonds. The number of nitrogens with zero attached hydrogens (tertiary/aromatic N) is 2. The van der Waals surface area contributed by atoms with Gasteiger partial charge >= 0.3 is 0 Å². The molecule has 5 nitrogen and oxygen atoms in total. The molecule has 0 unspecified atom stereocenters. The van der Waals surface area contributed by atoms with Crippen LogP contribution in [-0.2, 0) is 12.8 Å². The number of Topliss-reactive ketones (excluding diaryl/α,β-unsaturated/α-hetero) is 1. The summed E-state index contributed by atoms with van der Waals surface area (Å²) in [6.07, 6.45) is 6.51. The lowest BCUT2D eigenvalue weighted by Gasteiger charge is -2.16. The third kappa shape index (κ3) is 3.24. The maximum atomic E-state index is 12.6. The van der Waals surface area contributed by atoms with Gasteiger partial charge in [0.05, 0.1) is 11.3 Å². The Kier molecular flexibility index (Phi) is 4.49. The van der Waals surface area contributed by atoms with Crippen molar-refractivity contribution in [1.82, 2.24) is 15.2 Å². The van der Waals surface area contributed by atoms with Crippen LogP contribution in [0, 0.1) is 0 Å². The van der Waals surface area contributed by atoms with E-state index in [0.717, 1.165) is 34.9 Å². The van der Waals surface area contributed by atoms with Gasteiger partial charge in [-0.15, -0.1) is 10.2 Å². The van der Waals surface area contributed by atoms with Gasteiger partial charge in [0.2, 0.25) is 0 Å². The molecule has 1 aliphatic rings. The van der Waals surface area contributed by atoms with Crippen molar-refractivity contribution in [2.45, 2.75) is 30.9 Å². The zero-order valence-electron chi connectivity index (χ0n) is 15.3. The smallest absolute Gasteiger partial charge is 0.277 e. The molecule has 2 heterocycles. The average molecular weight is 389 g/mol. The lowest BCUT2D eigenvalue weighted by molar-refractivity contribution is 0.102. The van der Waals surface area contributed by atoms with E-state index in [1.807, 2.05) is 36.5 Å². The molecule has 0 aliphatic heterocycles. The van der Waals surface area contributed by atoms with Crippen LogP contribution in [0.15, 0.2) is 58.3 Å². The Morgan fingerprint density at radius 2 is 1.93 bits per heavy atom. The zero-order chi connectivity index (χ0) is 18.9. The molecule has 0 saturated heterocycles. The first-order valence-corrected chi connectivity index (χ1v) is 10.4. The summed E-state index contributed by atoms with van der Waals surface area (Å²) >= 11 is 1.28. The van der Waals surface area contributed by atoms with Crippen molar-refractivity contribution in [3.63, 3.8) is 0 Å². The summed E-state index contributed by atoms with van der Waals surface area (Å²) in [5.74, 6) is 0.834. The first-order valence-electron chi connectivity index (χ1n) is 9.46. The van der Waals surface area contributed by atoms with Crippen LogP contribution in [0.1, 0.15) is 34.3 Å². The minimum Gasteiger partial charge on any atom is -0.411 e. The van der Waals surface area contributed by atoms with E-state index in [2.05, 4.69) is 27.3 Å². The summed E-state index contributed by atoms with van der Waals surface area (Å²) in [5.41, 5.74) is 5.37. The van der Waals surface area contributed by atoms with Gasteiger partial charge in [0.15, 0.2) is 5.78 Å². The lowest BCUT2D eigenvalue weighted by Crippen LogP contribution is -2.07. The number of hydrogen-bond donors (Lipinski definition) is 1. The zero-order valence-corrected chi connectivity index (χ0v) is 16.1.